The summed E-state index contributed by atoms with van der Waals surface area (Å²) in [5, 5.41) is 2.07. The number of Topliss-reactive ketones (excluding diaryl/α,β-unsaturated/α-hetero) is 1. The second-order valence-electron chi connectivity index (χ2n) is 8.52. The molecule has 0 radical (unpaired) electrons. The number of benzene rings is 1. The standard InChI is InChI=1S/C24H24N4O3S/c29-20-12-17(23-2-1-9-32-23)11-19-18(20)13-25-24(26-19)28-7-5-27(6-8-28)14-16-3-4-21-22(10-16)31-15-30-21/h1-4,9-10,13,17H,5-8,11-12,14-15H2/t17-/m1/s1. The van der Waals surface area contributed by atoms with Gasteiger partial charge in [0.2, 0.25) is 12.7 Å². The van der Waals surface area contributed by atoms with Crippen molar-refractivity contribution in [3.63, 3.8) is 0 Å². The Kier molecular flexibility index (Phi) is 5.04. The Balaban J connectivity index is 1.12. The third-order valence-corrected chi connectivity index (χ3v) is 7.51. The summed E-state index contributed by atoms with van der Waals surface area (Å²) in [6, 6.07) is 10.3. The number of rotatable bonds is 4. The van der Waals surface area contributed by atoms with E-state index < -0.39 is 0 Å². The largest absolute Gasteiger partial charge is 0.454 e. The number of carbonyl (C=O) groups is 1. The van der Waals surface area contributed by atoms with Crippen molar-refractivity contribution in [2.24, 2.45) is 0 Å². The Morgan fingerprint density at radius 3 is 2.78 bits per heavy atom. The van der Waals surface area contributed by atoms with Crippen molar-refractivity contribution in [3.8, 4) is 11.5 Å². The Bertz CT molecular complexity index is 1140. The lowest BCUT2D eigenvalue weighted by Gasteiger charge is -2.35. The van der Waals surface area contributed by atoms with Crippen molar-refractivity contribution in [2.75, 3.05) is 37.9 Å². The van der Waals surface area contributed by atoms with E-state index in [-0.39, 0.29) is 11.7 Å². The van der Waals surface area contributed by atoms with E-state index in [0.29, 0.717) is 18.8 Å². The second-order valence-corrected chi connectivity index (χ2v) is 9.50. The molecule has 1 saturated heterocycles. The molecule has 32 heavy (non-hydrogen) atoms. The first-order valence-electron chi connectivity index (χ1n) is 11.0. The van der Waals surface area contributed by atoms with Crippen LogP contribution in [0.25, 0.3) is 0 Å². The molecule has 0 spiro atoms. The molecule has 3 aromatic rings. The van der Waals surface area contributed by atoms with E-state index >= 15 is 0 Å². The monoisotopic (exact) mass is 448 g/mol. The molecule has 8 heteroatoms. The number of hydrogen-bond acceptors (Lipinski definition) is 8. The summed E-state index contributed by atoms with van der Waals surface area (Å²) >= 11 is 1.72. The minimum atomic E-state index is 0.157. The van der Waals surface area contributed by atoms with Crippen LogP contribution < -0.4 is 14.4 Å². The van der Waals surface area contributed by atoms with Crippen LogP contribution in [0.2, 0.25) is 0 Å². The summed E-state index contributed by atoms with van der Waals surface area (Å²) in [4.78, 5) is 28.0. The molecule has 3 aliphatic rings. The maximum Gasteiger partial charge on any atom is 0.231 e. The van der Waals surface area contributed by atoms with Crippen molar-refractivity contribution >= 4 is 23.1 Å². The van der Waals surface area contributed by atoms with Gasteiger partial charge < -0.3 is 14.4 Å². The Morgan fingerprint density at radius 1 is 1.06 bits per heavy atom. The van der Waals surface area contributed by atoms with Crippen molar-refractivity contribution < 1.29 is 14.3 Å². The third kappa shape index (κ3) is 3.73. The highest BCUT2D eigenvalue weighted by Gasteiger charge is 2.29. The molecular weight excluding hydrogens is 424 g/mol. The number of aromatic nitrogens is 2. The summed E-state index contributed by atoms with van der Waals surface area (Å²) in [7, 11) is 0. The third-order valence-electron chi connectivity index (χ3n) is 6.47. The molecule has 7 nitrogen and oxygen atoms in total. The zero-order valence-electron chi connectivity index (χ0n) is 17.7. The average molecular weight is 449 g/mol. The molecular formula is C24H24N4O3S. The van der Waals surface area contributed by atoms with Crippen LogP contribution in [0.1, 0.15) is 38.8 Å². The van der Waals surface area contributed by atoms with Gasteiger partial charge in [-0.05, 0) is 35.6 Å². The number of anilines is 1. The summed E-state index contributed by atoms with van der Waals surface area (Å²) in [6.45, 7) is 4.79. The number of fused-ring (bicyclic) bond motifs is 2. The normalized spacial score (nSPS) is 20.4. The van der Waals surface area contributed by atoms with Gasteiger partial charge in [-0.3, -0.25) is 9.69 Å². The number of carbonyl (C=O) groups excluding carboxylic acids is 1. The van der Waals surface area contributed by atoms with Crippen molar-refractivity contribution in [2.45, 2.75) is 25.3 Å². The molecule has 0 N–H and O–H groups in total. The number of piperazine rings is 1. The van der Waals surface area contributed by atoms with E-state index in [1.165, 1.54) is 10.4 Å². The summed E-state index contributed by atoms with van der Waals surface area (Å²) in [6.07, 6.45) is 3.10. The fourth-order valence-corrected chi connectivity index (χ4v) is 5.55. The van der Waals surface area contributed by atoms with E-state index in [4.69, 9.17) is 14.5 Å². The lowest BCUT2D eigenvalue weighted by atomic mass is 9.86. The summed E-state index contributed by atoms with van der Waals surface area (Å²) < 4.78 is 10.9. The van der Waals surface area contributed by atoms with Gasteiger partial charge in [0, 0.05) is 56.1 Å². The molecule has 1 atom stereocenters. The number of hydrogen-bond donors (Lipinski definition) is 0. The van der Waals surface area contributed by atoms with Gasteiger partial charge in [-0.15, -0.1) is 11.3 Å². The maximum absolute atomic E-state index is 12.7. The van der Waals surface area contributed by atoms with E-state index in [9.17, 15) is 4.79 Å². The highest BCUT2D eigenvalue weighted by molar-refractivity contribution is 7.10. The van der Waals surface area contributed by atoms with Gasteiger partial charge in [0.05, 0.1) is 11.3 Å². The summed E-state index contributed by atoms with van der Waals surface area (Å²) in [5.41, 5.74) is 2.82. The molecule has 6 rings (SSSR count). The first-order chi connectivity index (χ1) is 15.7. The lowest BCUT2D eigenvalue weighted by molar-refractivity contribution is 0.0963. The lowest BCUT2D eigenvalue weighted by Crippen LogP contribution is -2.46. The first-order valence-corrected chi connectivity index (χ1v) is 11.9. The molecule has 0 saturated carbocycles. The molecule has 1 aromatic carbocycles. The highest BCUT2D eigenvalue weighted by atomic mass is 32.1. The van der Waals surface area contributed by atoms with Gasteiger partial charge in [-0.2, -0.15) is 0 Å². The fourth-order valence-electron chi connectivity index (χ4n) is 4.72. The van der Waals surface area contributed by atoms with E-state index in [1.807, 2.05) is 6.07 Å². The van der Waals surface area contributed by atoms with Gasteiger partial charge >= 0.3 is 0 Å². The molecule has 164 valence electrons. The minimum absolute atomic E-state index is 0.157. The smallest absolute Gasteiger partial charge is 0.231 e. The van der Waals surface area contributed by atoms with Crippen molar-refractivity contribution in [3.05, 3.63) is 63.6 Å². The molecule has 0 bridgehead atoms. The highest BCUT2D eigenvalue weighted by Crippen LogP contribution is 2.35. The quantitative estimate of drug-likeness (QED) is 0.605. The summed E-state index contributed by atoms with van der Waals surface area (Å²) in [5.74, 6) is 2.79. The Labute approximate surface area is 190 Å². The van der Waals surface area contributed by atoms with Crippen LogP contribution in [0.4, 0.5) is 5.95 Å². The Hall–Kier alpha value is -2.97. The minimum Gasteiger partial charge on any atom is -0.454 e. The van der Waals surface area contributed by atoms with Crippen LogP contribution >= 0.6 is 11.3 Å². The molecule has 2 aliphatic heterocycles. The van der Waals surface area contributed by atoms with Crippen LogP contribution in [-0.4, -0.2) is 53.6 Å². The van der Waals surface area contributed by atoms with Crippen LogP contribution in [0, 0.1) is 0 Å². The van der Waals surface area contributed by atoms with Crippen molar-refractivity contribution in [1.82, 2.24) is 14.9 Å². The first kappa shape index (κ1) is 19.7. The van der Waals surface area contributed by atoms with Crippen LogP contribution in [0.15, 0.2) is 41.9 Å². The predicted octanol–water partition coefficient (Wildman–Crippen LogP) is 3.50. The fraction of sp³-hybridized carbons (Fsp3) is 0.375. The predicted molar refractivity (Wildman–Crippen MR) is 122 cm³/mol. The molecule has 4 heterocycles. The number of nitrogens with zero attached hydrogens (tertiary/aromatic N) is 4. The van der Waals surface area contributed by atoms with Gasteiger partial charge in [0.15, 0.2) is 17.3 Å². The van der Waals surface area contributed by atoms with Gasteiger partial charge in [-0.25, -0.2) is 9.97 Å². The van der Waals surface area contributed by atoms with Gasteiger partial charge in [-0.1, -0.05) is 12.1 Å². The van der Waals surface area contributed by atoms with E-state index in [1.54, 1.807) is 17.5 Å². The van der Waals surface area contributed by atoms with Crippen LogP contribution in [0.5, 0.6) is 11.5 Å². The van der Waals surface area contributed by atoms with Crippen LogP contribution in [0.3, 0.4) is 0 Å². The topological polar surface area (TPSA) is 67.8 Å². The number of thiophene rings is 1. The van der Waals surface area contributed by atoms with E-state index in [2.05, 4.69) is 44.4 Å². The molecule has 0 amide bonds. The molecule has 1 aliphatic carbocycles. The number of ketones is 1. The zero-order chi connectivity index (χ0) is 21.5. The SMILES string of the molecule is O=C1C[C@H](c2cccs2)Cc2nc(N3CCN(Cc4ccc5c(c4)OCO5)CC3)ncc21. The maximum atomic E-state index is 12.7. The average Bonchev–Trinajstić information content (AvgIpc) is 3.51. The van der Waals surface area contributed by atoms with Crippen molar-refractivity contribution in [1.29, 1.82) is 0 Å². The van der Waals surface area contributed by atoms with Crippen LogP contribution in [-0.2, 0) is 13.0 Å². The van der Waals surface area contributed by atoms with E-state index in [0.717, 1.165) is 62.3 Å². The Morgan fingerprint density at radius 2 is 1.94 bits per heavy atom. The van der Waals surface area contributed by atoms with Gasteiger partial charge in [0.1, 0.15) is 0 Å². The zero-order valence-corrected chi connectivity index (χ0v) is 18.5. The second kappa shape index (κ2) is 8.18. The van der Waals surface area contributed by atoms with Gasteiger partial charge in [0.25, 0.3) is 0 Å². The number of ether oxygens (including phenoxy) is 2. The molecule has 2 aromatic heterocycles. The molecule has 1 fully saturated rings. The molecule has 0 unspecified atom stereocenters.